The van der Waals surface area contributed by atoms with E-state index in [0.29, 0.717) is 5.56 Å². The molecule has 2 heterocycles. The molecule has 0 bridgehead atoms. The van der Waals surface area contributed by atoms with E-state index < -0.39 is 0 Å². The molecule has 1 aliphatic heterocycles. The Kier molecular flexibility index (Phi) is 6.06. The fraction of sp³-hybridized carbons (Fsp3) is 0.407. The zero-order chi connectivity index (χ0) is 23.8. The van der Waals surface area contributed by atoms with E-state index in [0.717, 1.165) is 41.2 Å². The number of methoxy groups -OCH3 is 1. The molecule has 0 radical (unpaired) electrons. The molecular weight excluding hydrogens is 412 g/mol. The molecular formula is C27H34N4O2. The molecule has 0 aliphatic carbocycles. The summed E-state index contributed by atoms with van der Waals surface area (Å²) >= 11 is 0. The number of rotatable bonds is 5. The quantitative estimate of drug-likeness (QED) is 0.544. The number of para-hydroxylation sites is 1. The first-order valence-electron chi connectivity index (χ1n) is 11.5. The van der Waals surface area contributed by atoms with Crippen LogP contribution in [-0.4, -0.2) is 39.7 Å². The van der Waals surface area contributed by atoms with Crippen LogP contribution in [0, 0.1) is 0 Å². The largest absolute Gasteiger partial charge is 0.497 e. The first-order chi connectivity index (χ1) is 15.6. The summed E-state index contributed by atoms with van der Waals surface area (Å²) in [5.74, 6) is 0.773. The number of hydrogen-bond acceptors (Lipinski definition) is 4. The highest BCUT2D eigenvalue weighted by molar-refractivity contribution is 6.03. The summed E-state index contributed by atoms with van der Waals surface area (Å²) in [5.41, 5.74) is 3.71. The zero-order valence-electron chi connectivity index (χ0n) is 20.4. The van der Waals surface area contributed by atoms with Crippen molar-refractivity contribution in [3.8, 4) is 22.7 Å². The number of nitrogens with one attached hydrogen (secondary N) is 2. The van der Waals surface area contributed by atoms with Crippen LogP contribution in [0.3, 0.4) is 0 Å². The van der Waals surface area contributed by atoms with Gasteiger partial charge in [-0.1, -0.05) is 18.2 Å². The second-order valence-electron chi connectivity index (χ2n) is 10.2. The molecule has 2 N–H and O–H groups in total. The molecule has 1 aliphatic rings. The van der Waals surface area contributed by atoms with Crippen molar-refractivity contribution < 1.29 is 4.74 Å². The summed E-state index contributed by atoms with van der Waals surface area (Å²) in [6.07, 6.45) is 1.84. The Morgan fingerprint density at radius 2 is 1.61 bits per heavy atom. The second-order valence-corrected chi connectivity index (χ2v) is 10.2. The Hall–Kier alpha value is -3.12. The Morgan fingerprint density at radius 1 is 1.00 bits per heavy atom. The summed E-state index contributed by atoms with van der Waals surface area (Å²) in [7, 11) is 1.65. The van der Waals surface area contributed by atoms with E-state index in [2.05, 4.69) is 38.1 Å². The lowest BCUT2D eigenvalue weighted by atomic mass is 9.80. The van der Waals surface area contributed by atoms with E-state index in [1.165, 1.54) is 0 Å². The molecule has 0 unspecified atom stereocenters. The van der Waals surface area contributed by atoms with Gasteiger partial charge >= 0.3 is 0 Å². The van der Waals surface area contributed by atoms with Gasteiger partial charge in [-0.25, -0.2) is 4.68 Å². The highest BCUT2D eigenvalue weighted by atomic mass is 16.5. The first kappa shape index (κ1) is 23.1. The Bertz CT molecular complexity index is 1190. The van der Waals surface area contributed by atoms with Crippen molar-refractivity contribution in [1.29, 1.82) is 0 Å². The summed E-state index contributed by atoms with van der Waals surface area (Å²) in [4.78, 5) is 18.7. The van der Waals surface area contributed by atoms with Crippen molar-refractivity contribution in [3.63, 3.8) is 0 Å². The monoisotopic (exact) mass is 446 g/mol. The van der Waals surface area contributed by atoms with Gasteiger partial charge in [0.2, 0.25) is 0 Å². The van der Waals surface area contributed by atoms with Crippen LogP contribution in [0.1, 0.15) is 53.0 Å². The zero-order valence-corrected chi connectivity index (χ0v) is 20.4. The van der Waals surface area contributed by atoms with Crippen molar-refractivity contribution in [1.82, 2.24) is 15.1 Å². The molecule has 0 atom stereocenters. The summed E-state index contributed by atoms with van der Waals surface area (Å²) in [6, 6.07) is 17.5. The molecule has 1 fully saturated rings. The summed E-state index contributed by atoms with van der Waals surface area (Å²) < 4.78 is 6.92. The molecule has 6 nitrogen and oxygen atoms in total. The number of hydrogen-bond donors (Lipinski definition) is 2. The SMILES string of the molecule is COc1ccc(-c2[nH]n(-c3ccccc3)c(=O)c2C(C)=NC2CC(C)(C)NC(C)(C)C2)cc1. The van der Waals surface area contributed by atoms with Crippen LogP contribution in [0.4, 0.5) is 0 Å². The maximum Gasteiger partial charge on any atom is 0.280 e. The molecule has 4 rings (SSSR count). The third-order valence-corrected chi connectivity index (χ3v) is 6.19. The van der Waals surface area contributed by atoms with Gasteiger partial charge in [0.15, 0.2) is 0 Å². The maximum absolute atomic E-state index is 13.6. The van der Waals surface area contributed by atoms with Gasteiger partial charge in [-0.3, -0.25) is 14.9 Å². The van der Waals surface area contributed by atoms with Crippen LogP contribution >= 0.6 is 0 Å². The Balaban J connectivity index is 1.82. The van der Waals surface area contributed by atoms with Crippen molar-refractivity contribution in [3.05, 3.63) is 70.5 Å². The summed E-state index contributed by atoms with van der Waals surface area (Å²) in [6.45, 7) is 10.8. The number of H-pyrrole nitrogens is 1. The van der Waals surface area contributed by atoms with Gasteiger partial charge in [-0.15, -0.1) is 0 Å². The Morgan fingerprint density at radius 3 is 2.18 bits per heavy atom. The molecule has 0 spiro atoms. The van der Waals surface area contributed by atoms with Crippen LogP contribution < -0.4 is 15.6 Å². The maximum atomic E-state index is 13.6. The number of benzene rings is 2. The van der Waals surface area contributed by atoms with Crippen molar-refractivity contribution in [2.24, 2.45) is 4.99 Å². The fourth-order valence-electron chi connectivity index (χ4n) is 5.20. The molecule has 1 aromatic heterocycles. The number of piperidine rings is 1. The molecule has 6 heteroatoms. The van der Waals surface area contributed by atoms with Gasteiger partial charge in [-0.2, -0.15) is 0 Å². The van der Waals surface area contributed by atoms with Gasteiger partial charge in [0.1, 0.15) is 5.75 Å². The first-order valence-corrected chi connectivity index (χ1v) is 11.5. The molecule has 174 valence electrons. The topological polar surface area (TPSA) is 71.4 Å². The lowest BCUT2D eigenvalue weighted by molar-refractivity contribution is 0.164. The summed E-state index contributed by atoms with van der Waals surface area (Å²) in [5, 5.41) is 7.05. The predicted octanol–water partition coefficient (Wildman–Crippen LogP) is 4.96. The van der Waals surface area contributed by atoms with E-state index >= 15 is 0 Å². The lowest BCUT2D eigenvalue weighted by Crippen LogP contribution is -2.58. The van der Waals surface area contributed by atoms with Crippen LogP contribution in [-0.2, 0) is 0 Å². The highest BCUT2D eigenvalue weighted by Crippen LogP contribution is 2.31. The van der Waals surface area contributed by atoms with Crippen LogP contribution in [0.25, 0.3) is 16.9 Å². The van der Waals surface area contributed by atoms with Crippen LogP contribution in [0.5, 0.6) is 5.75 Å². The van der Waals surface area contributed by atoms with E-state index in [1.54, 1.807) is 11.8 Å². The standard InChI is InChI=1S/C27H34N4O2/c1-18(28-20-16-26(2,3)30-27(4,5)17-20)23-24(19-12-14-22(33-6)15-13-19)29-31(25(23)32)21-10-8-7-9-11-21/h7-15,20,29-30H,16-17H2,1-6H3. The number of aromatic amines is 1. The number of ether oxygens (including phenoxy) is 1. The molecule has 1 saturated heterocycles. The minimum atomic E-state index is -0.0966. The molecule has 0 saturated carbocycles. The average molecular weight is 447 g/mol. The normalized spacial score (nSPS) is 18.3. The minimum Gasteiger partial charge on any atom is -0.497 e. The third-order valence-electron chi connectivity index (χ3n) is 6.19. The number of nitrogens with zero attached hydrogens (tertiary/aromatic N) is 2. The van der Waals surface area contributed by atoms with E-state index in [9.17, 15) is 4.79 Å². The average Bonchev–Trinajstić information content (AvgIpc) is 3.09. The van der Waals surface area contributed by atoms with Crippen molar-refractivity contribution in [2.45, 2.75) is 64.6 Å². The number of aromatic nitrogens is 2. The van der Waals surface area contributed by atoms with Gasteiger partial charge in [0, 0.05) is 22.4 Å². The smallest absolute Gasteiger partial charge is 0.280 e. The minimum absolute atomic E-state index is 0.0165. The predicted molar refractivity (Wildman–Crippen MR) is 135 cm³/mol. The van der Waals surface area contributed by atoms with Gasteiger partial charge in [0.05, 0.1) is 30.1 Å². The van der Waals surface area contributed by atoms with Gasteiger partial charge in [-0.05, 0) is 83.9 Å². The second kappa shape index (κ2) is 8.67. The van der Waals surface area contributed by atoms with Gasteiger partial charge < -0.3 is 10.1 Å². The van der Waals surface area contributed by atoms with Crippen LogP contribution in [0.2, 0.25) is 0 Å². The van der Waals surface area contributed by atoms with Gasteiger partial charge in [0.25, 0.3) is 5.56 Å². The Labute approximate surface area is 195 Å². The molecule has 0 amide bonds. The highest BCUT2D eigenvalue weighted by Gasteiger charge is 2.37. The fourth-order valence-corrected chi connectivity index (χ4v) is 5.20. The van der Waals surface area contributed by atoms with E-state index in [1.807, 2.05) is 61.5 Å². The third kappa shape index (κ3) is 4.96. The molecule has 33 heavy (non-hydrogen) atoms. The van der Waals surface area contributed by atoms with Crippen molar-refractivity contribution >= 4 is 5.71 Å². The van der Waals surface area contributed by atoms with Crippen molar-refractivity contribution in [2.75, 3.05) is 7.11 Å². The van der Waals surface area contributed by atoms with E-state index in [4.69, 9.17) is 9.73 Å². The van der Waals surface area contributed by atoms with E-state index in [-0.39, 0.29) is 22.7 Å². The number of aliphatic imine (C=N–C) groups is 1. The molecule has 2 aromatic carbocycles. The van der Waals surface area contributed by atoms with Crippen LogP contribution in [0.15, 0.2) is 64.4 Å². The molecule has 3 aromatic rings. The lowest BCUT2D eigenvalue weighted by Gasteiger charge is -2.45.